The summed E-state index contributed by atoms with van der Waals surface area (Å²) >= 11 is 3.31. The standard InChI is InChI=1S/C15H13BrN2O2/c1-10(11-4-3-7-14(19)9-11)17-18-15(20)12-5-2-6-13(16)8-12/h2-9,19H,1H3,(H,18,20). The molecule has 0 aliphatic rings. The van der Waals surface area contributed by atoms with Gasteiger partial charge < -0.3 is 5.11 Å². The molecule has 0 aliphatic heterocycles. The number of hydrogen-bond donors (Lipinski definition) is 2. The fourth-order valence-electron chi connectivity index (χ4n) is 1.62. The first-order chi connectivity index (χ1) is 9.56. The lowest BCUT2D eigenvalue weighted by Crippen LogP contribution is -2.19. The summed E-state index contributed by atoms with van der Waals surface area (Å²) in [7, 11) is 0. The summed E-state index contributed by atoms with van der Waals surface area (Å²) in [5.74, 6) is -0.124. The minimum atomic E-state index is -0.286. The second-order valence-electron chi connectivity index (χ2n) is 4.20. The molecule has 0 fully saturated rings. The number of nitrogens with one attached hydrogen (secondary N) is 1. The predicted octanol–water partition coefficient (Wildman–Crippen LogP) is 3.31. The van der Waals surface area contributed by atoms with Gasteiger partial charge >= 0.3 is 0 Å². The molecule has 0 heterocycles. The third-order valence-corrected chi connectivity index (χ3v) is 3.17. The van der Waals surface area contributed by atoms with E-state index in [0.717, 1.165) is 10.0 Å². The fraction of sp³-hybridized carbons (Fsp3) is 0.0667. The van der Waals surface area contributed by atoms with Crippen LogP contribution in [0.15, 0.2) is 58.1 Å². The SMILES string of the molecule is CC(=NNC(=O)c1cccc(Br)c1)c1cccc(O)c1. The highest BCUT2D eigenvalue weighted by Crippen LogP contribution is 2.13. The van der Waals surface area contributed by atoms with Gasteiger partial charge in [0.15, 0.2) is 0 Å². The Balaban J connectivity index is 2.11. The molecule has 0 saturated carbocycles. The molecule has 5 heteroatoms. The largest absolute Gasteiger partial charge is 0.508 e. The van der Waals surface area contributed by atoms with Crippen molar-refractivity contribution in [3.8, 4) is 5.75 Å². The molecule has 20 heavy (non-hydrogen) atoms. The quantitative estimate of drug-likeness (QED) is 0.669. The topological polar surface area (TPSA) is 61.7 Å². The van der Waals surface area contributed by atoms with Gasteiger partial charge in [-0.2, -0.15) is 5.10 Å². The van der Waals surface area contributed by atoms with Crippen LogP contribution < -0.4 is 5.43 Å². The molecule has 0 bridgehead atoms. The molecule has 1 amide bonds. The van der Waals surface area contributed by atoms with E-state index >= 15 is 0 Å². The lowest BCUT2D eigenvalue weighted by Gasteiger charge is -2.04. The van der Waals surface area contributed by atoms with E-state index < -0.39 is 0 Å². The van der Waals surface area contributed by atoms with Gasteiger partial charge in [0, 0.05) is 15.6 Å². The molecule has 2 N–H and O–H groups in total. The summed E-state index contributed by atoms with van der Waals surface area (Å²) in [5, 5.41) is 13.4. The van der Waals surface area contributed by atoms with Gasteiger partial charge in [-0.15, -0.1) is 0 Å². The van der Waals surface area contributed by atoms with Gasteiger partial charge in [-0.1, -0.05) is 34.1 Å². The number of carbonyl (C=O) groups is 1. The number of nitrogens with zero attached hydrogens (tertiary/aromatic N) is 1. The van der Waals surface area contributed by atoms with Gasteiger partial charge in [0.25, 0.3) is 5.91 Å². The van der Waals surface area contributed by atoms with Gasteiger partial charge in [-0.25, -0.2) is 5.43 Å². The van der Waals surface area contributed by atoms with E-state index in [1.54, 1.807) is 43.3 Å². The number of carbonyl (C=O) groups excluding carboxylic acids is 1. The Bertz CT molecular complexity index is 668. The van der Waals surface area contributed by atoms with E-state index in [1.807, 2.05) is 12.1 Å². The van der Waals surface area contributed by atoms with Crippen LogP contribution in [0.4, 0.5) is 0 Å². The van der Waals surface area contributed by atoms with E-state index in [2.05, 4.69) is 26.5 Å². The molecule has 0 saturated heterocycles. The molecule has 0 aliphatic carbocycles. The maximum absolute atomic E-state index is 11.9. The minimum absolute atomic E-state index is 0.162. The fourth-order valence-corrected chi connectivity index (χ4v) is 2.02. The highest BCUT2D eigenvalue weighted by atomic mass is 79.9. The van der Waals surface area contributed by atoms with Crippen LogP contribution in [0.1, 0.15) is 22.8 Å². The third-order valence-electron chi connectivity index (χ3n) is 2.68. The van der Waals surface area contributed by atoms with Crippen molar-refractivity contribution in [3.05, 3.63) is 64.1 Å². The van der Waals surface area contributed by atoms with E-state index in [9.17, 15) is 9.90 Å². The molecular weight excluding hydrogens is 320 g/mol. The number of rotatable bonds is 3. The molecule has 0 aromatic heterocycles. The molecule has 102 valence electrons. The Hall–Kier alpha value is -2.14. The smallest absolute Gasteiger partial charge is 0.271 e. The zero-order valence-electron chi connectivity index (χ0n) is 10.8. The predicted molar refractivity (Wildman–Crippen MR) is 81.9 cm³/mol. The Morgan fingerprint density at radius 3 is 2.55 bits per heavy atom. The average Bonchev–Trinajstić information content (AvgIpc) is 2.44. The normalized spacial score (nSPS) is 11.2. The molecule has 2 rings (SSSR count). The number of aromatic hydroxyl groups is 1. The molecule has 4 nitrogen and oxygen atoms in total. The van der Waals surface area contributed by atoms with Gasteiger partial charge in [-0.05, 0) is 37.3 Å². The van der Waals surface area contributed by atoms with Crippen molar-refractivity contribution in [1.82, 2.24) is 5.43 Å². The summed E-state index contributed by atoms with van der Waals surface area (Å²) in [6, 6.07) is 13.8. The van der Waals surface area contributed by atoms with Crippen LogP contribution in [0.5, 0.6) is 5.75 Å². The van der Waals surface area contributed by atoms with Crippen molar-refractivity contribution in [3.63, 3.8) is 0 Å². The number of amides is 1. The van der Waals surface area contributed by atoms with E-state index in [1.165, 1.54) is 0 Å². The van der Waals surface area contributed by atoms with Crippen molar-refractivity contribution in [2.45, 2.75) is 6.92 Å². The Morgan fingerprint density at radius 1 is 1.15 bits per heavy atom. The molecular formula is C15H13BrN2O2. The van der Waals surface area contributed by atoms with Gasteiger partial charge in [-0.3, -0.25) is 4.79 Å². The third kappa shape index (κ3) is 3.68. The molecule has 0 unspecified atom stereocenters. The van der Waals surface area contributed by atoms with Crippen LogP contribution in [0.25, 0.3) is 0 Å². The highest BCUT2D eigenvalue weighted by Gasteiger charge is 2.05. The van der Waals surface area contributed by atoms with Crippen molar-refractivity contribution < 1.29 is 9.90 Å². The van der Waals surface area contributed by atoms with Gasteiger partial charge in [0.05, 0.1) is 5.71 Å². The second kappa shape index (κ2) is 6.34. The maximum Gasteiger partial charge on any atom is 0.271 e. The summed E-state index contributed by atoms with van der Waals surface area (Å²) in [6.07, 6.45) is 0. The number of phenols is 1. The zero-order chi connectivity index (χ0) is 14.5. The first kappa shape index (κ1) is 14.3. The number of hydrazone groups is 1. The first-order valence-corrected chi connectivity index (χ1v) is 6.75. The Morgan fingerprint density at radius 2 is 1.85 bits per heavy atom. The summed E-state index contributed by atoms with van der Waals surface area (Å²) in [5.41, 5.74) is 4.38. The summed E-state index contributed by atoms with van der Waals surface area (Å²) in [6.45, 7) is 1.76. The number of hydrogen-bond acceptors (Lipinski definition) is 3. The second-order valence-corrected chi connectivity index (χ2v) is 5.11. The van der Waals surface area contributed by atoms with Gasteiger partial charge in [0.1, 0.15) is 5.75 Å². The van der Waals surface area contributed by atoms with Crippen LogP contribution >= 0.6 is 15.9 Å². The van der Waals surface area contributed by atoms with E-state index in [-0.39, 0.29) is 11.7 Å². The van der Waals surface area contributed by atoms with Crippen molar-refractivity contribution >= 4 is 27.5 Å². The minimum Gasteiger partial charge on any atom is -0.508 e. The summed E-state index contributed by atoms with van der Waals surface area (Å²) in [4.78, 5) is 11.9. The zero-order valence-corrected chi connectivity index (χ0v) is 12.4. The molecule has 2 aromatic rings. The molecule has 2 aromatic carbocycles. The van der Waals surface area contributed by atoms with Crippen molar-refractivity contribution in [1.29, 1.82) is 0 Å². The van der Waals surface area contributed by atoms with Crippen molar-refractivity contribution in [2.24, 2.45) is 5.10 Å². The monoisotopic (exact) mass is 332 g/mol. The number of benzene rings is 2. The molecule has 0 atom stereocenters. The lowest BCUT2D eigenvalue weighted by atomic mass is 10.1. The van der Waals surface area contributed by atoms with Crippen LogP contribution in [-0.4, -0.2) is 16.7 Å². The van der Waals surface area contributed by atoms with Crippen LogP contribution in [0, 0.1) is 0 Å². The summed E-state index contributed by atoms with van der Waals surface area (Å²) < 4.78 is 0.832. The molecule has 0 spiro atoms. The van der Waals surface area contributed by atoms with E-state index in [4.69, 9.17) is 0 Å². The van der Waals surface area contributed by atoms with Crippen LogP contribution in [0.2, 0.25) is 0 Å². The average molecular weight is 333 g/mol. The maximum atomic E-state index is 11.9. The number of phenolic OH excluding ortho intramolecular Hbond substituents is 1. The van der Waals surface area contributed by atoms with Crippen molar-refractivity contribution in [2.75, 3.05) is 0 Å². The molecule has 0 radical (unpaired) electrons. The van der Waals surface area contributed by atoms with Crippen LogP contribution in [0.3, 0.4) is 0 Å². The Kier molecular flexibility index (Phi) is 4.53. The highest BCUT2D eigenvalue weighted by molar-refractivity contribution is 9.10. The van der Waals surface area contributed by atoms with Gasteiger partial charge in [0.2, 0.25) is 0 Å². The number of halogens is 1. The Labute approximate surface area is 125 Å². The van der Waals surface area contributed by atoms with E-state index in [0.29, 0.717) is 11.3 Å². The van der Waals surface area contributed by atoms with Crippen LogP contribution in [-0.2, 0) is 0 Å². The lowest BCUT2D eigenvalue weighted by molar-refractivity contribution is 0.0955. The first-order valence-electron chi connectivity index (χ1n) is 5.96.